The van der Waals surface area contributed by atoms with Crippen LogP contribution in [0, 0.1) is 0 Å². The number of hydrogen-bond donors (Lipinski definition) is 1. The molecule has 0 aliphatic rings. The van der Waals surface area contributed by atoms with Crippen molar-refractivity contribution in [3.8, 4) is 5.75 Å². The molecular weight excluding hydrogens is 336 g/mol. The lowest BCUT2D eigenvalue weighted by Crippen LogP contribution is -2.21. The number of anilines is 1. The van der Waals surface area contributed by atoms with Crippen LogP contribution in [0.15, 0.2) is 52.0 Å². The quantitative estimate of drug-likeness (QED) is 0.665. The van der Waals surface area contributed by atoms with Crippen LogP contribution in [0.1, 0.15) is 15.9 Å². The summed E-state index contributed by atoms with van der Waals surface area (Å²) in [6, 6.07) is 11.7. The van der Waals surface area contributed by atoms with Gasteiger partial charge in [-0.3, -0.25) is 5.43 Å². The van der Waals surface area contributed by atoms with E-state index in [0.717, 1.165) is 10.0 Å². The lowest BCUT2D eigenvalue weighted by atomic mass is 10.2. The number of hydrogen-bond acceptors (Lipinski definition) is 5. The van der Waals surface area contributed by atoms with E-state index in [1.807, 2.05) is 18.2 Å². The van der Waals surface area contributed by atoms with Gasteiger partial charge in [-0.25, -0.2) is 0 Å². The zero-order chi connectivity index (χ0) is 15.2. The van der Waals surface area contributed by atoms with Gasteiger partial charge in [-0.1, -0.05) is 28.1 Å². The van der Waals surface area contributed by atoms with E-state index in [4.69, 9.17) is 4.74 Å². The van der Waals surface area contributed by atoms with E-state index < -0.39 is 5.97 Å². The van der Waals surface area contributed by atoms with Crippen molar-refractivity contribution < 1.29 is 14.6 Å². The van der Waals surface area contributed by atoms with Gasteiger partial charge in [0.1, 0.15) is 5.75 Å². The molecule has 0 heterocycles. The fourth-order valence-corrected chi connectivity index (χ4v) is 2.04. The summed E-state index contributed by atoms with van der Waals surface area (Å²) in [6.45, 7) is 0. The third kappa shape index (κ3) is 4.06. The smallest absolute Gasteiger partial charge is 0.127 e. The van der Waals surface area contributed by atoms with E-state index in [9.17, 15) is 9.90 Å². The number of benzene rings is 2. The maximum absolute atomic E-state index is 10.6. The second-order valence-electron chi connectivity index (χ2n) is 4.12. The largest absolute Gasteiger partial charge is 0.545 e. The highest BCUT2D eigenvalue weighted by Crippen LogP contribution is 2.21. The summed E-state index contributed by atoms with van der Waals surface area (Å²) in [7, 11) is 1.59. The van der Waals surface area contributed by atoms with Gasteiger partial charge >= 0.3 is 0 Å². The lowest BCUT2D eigenvalue weighted by Gasteiger charge is -2.06. The Kier molecular flexibility index (Phi) is 4.94. The van der Waals surface area contributed by atoms with Crippen LogP contribution >= 0.6 is 15.9 Å². The second kappa shape index (κ2) is 6.90. The Bertz CT molecular complexity index is 669. The molecule has 0 saturated carbocycles. The van der Waals surface area contributed by atoms with Gasteiger partial charge in [-0.05, 0) is 35.9 Å². The van der Waals surface area contributed by atoms with Crippen molar-refractivity contribution in [1.82, 2.24) is 0 Å². The number of carboxylic acids is 1. The minimum absolute atomic E-state index is 0.123. The average molecular weight is 348 g/mol. The molecule has 6 heteroatoms. The van der Waals surface area contributed by atoms with E-state index >= 15 is 0 Å². The molecule has 5 nitrogen and oxygen atoms in total. The number of carbonyl (C=O) groups is 1. The van der Waals surface area contributed by atoms with Gasteiger partial charge in [0.15, 0.2) is 0 Å². The average Bonchev–Trinajstić information content (AvgIpc) is 2.48. The Hall–Kier alpha value is -2.34. The molecule has 0 spiro atoms. The molecule has 0 fully saturated rings. The number of hydrazone groups is 1. The van der Waals surface area contributed by atoms with E-state index in [2.05, 4.69) is 26.5 Å². The van der Waals surface area contributed by atoms with E-state index in [0.29, 0.717) is 11.4 Å². The van der Waals surface area contributed by atoms with Gasteiger partial charge < -0.3 is 14.6 Å². The Labute approximate surface area is 130 Å². The van der Waals surface area contributed by atoms with Crippen LogP contribution in [0.3, 0.4) is 0 Å². The van der Waals surface area contributed by atoms with E-state index in [1.165, 1.54) is 12.1 Å². The monoisotopic (exact) mass is 347 g/mol. The molecule has 0 saturated heterocycles. The maximum atomic E-state index is 10.6. The Morgan fingerprint density at radius 1 is 1.29 bits per heavy atom. The Balaban J connectivity index is 2.08. The number of methoxy groups -OCH3 is 1. The van der Waals surface area contributed by atoms with Crippen LogP contribution < -0.4 is 15.3 Å². The van der Waals surface area contributed by atoms with Gasteiger partial charge in [0.2, 0.25) is 0 Å². The highest BCUT2D eigenvalue weighted by atomic mass is 79.9. The molecule has 0 aromatic heterocycles. The molecule has 2 aromatic carbocycles. The number of carbonyl (C=O) groups excluding carboxylic acids is 1. The topological polar surface area (TPSA) is 73.8 Å². The number of nitrogens with one attached hydrogen (secondary N) is 1. The summed E-state index contributed by atoms with van der Waals surface area (Å²) in [4.78, 5) is 10.6. The summed E-state index contributed by atoms with van der Waals surface area (Å²) in [6.07, 6.45) is 1.62. The van der Waals surface area contributed by atoms with Crippen molar-refractivity contribution in [2.75, 3.05) is 12.5 Å². The molecule has 0 atom stereocenters. The highest BCUT2D eigenvalue weighted by Gasteiger charge is 2.00. The molecule has 0 unspecified atom stereocenters. The van der Waals surface area contributed by atoms with Gasteiger partial charge in [0.25, 0.3) is 0 Å². The number of rotatable bonds is 5. The van der Waals surface area contributed by atoms with Crippen LogP contribution in [-0.4, -0.2) is 19.3 Å². The molecule has 0 aliphatic carbocycles. The molecule has 21 heavy (non-hydrogen) atoms. The normalized spacial score (nSPS) is 10.6. The third-order valence-corrected chi connectivity index (χ3v) is 3.20. The first-order valence-corrected chi connectivity index (χ1v) is 6.83. The molecule has 0 aliphatic heterocycles. The zero-order valence-electron chi connectivity index (χ0n) is 11.2. The second-order valence-corrected chi connectivity index (χ2v) is 5.04. The van der Waals surface area contributed by atoms with Crippen LogP contribution in [0.25, 0.3) is 0 Å². The third-order valence-electron chi connectivity index (χ3n) is 2.71. The minimum atomic E-state index is -1.20. The van der Waals surface area contributed by atoms with Crippen LogP contribution in [0.5, 0.6) is 5.75 Å². The highest BCUT2D eigenvalue weighted by molar-refractivity contribution is 9.10. The molecule has 2 aromatic rings. The first-order chi connectivity index (χ1) is 10.1. The Morgan fingerprint density at radius 2 is 2.00 bits per heavy atom. The van der Waals surface area contributed by atoms with Crippen molar-refractivity contribution in [3.05, 3.63) is 58.1 Å². The molecule has 108 valence electrons. The molecule has 1 N–H and O–H groups in total. The number of nitrogens with zero attached hydrogens (tertiary/aromatic N) is 1. The summed E-state index contributed by atoms with van der Waals surface area (Å²) in [5.41, 5.74) is 4.42. The SMILES string of the molecule is COc1ccc(Br)cc1/C=N\Nc1ccc(C(=O)[O-])cc1. The number of ether oxygens (including phenoxy) is 1. The van der Waals surface area contributed by atoms with Gasteiger partial charge in [-0.15, -0.1) is 0 Å². The number of carboxylic acid groups (broad SMARTS) is 1. The first-order valence-electron chi connectivity index (χ1n) is 6.04. The summed E-state index contributed by atoms with van der Waals surface area (Å²) in [5.74, 6) is -0.500. The predicted molar refractivity (Wildman–Crippen MR) is 82.7 cm³/mol. The van der Waals surface area contributed by atoms with Crippen LogP contribution in [-0.2, 0) is 0 Å². The summed E-state index contributed by atoms with van der Waals surface area (Å²) in [5, 5.41) is 14.7. The fourth-order valence-electron chi connectivity index (χ4n) is 1.66. The Morgan fingerprint density at radius 3 is 2.62 bits per heavy atom. The van der Waals surface area contributed by atoms with Crippen LogP contribution in [0.4, 0.5) is 5.69 Å². The predicted octanol–water partition coefficient (Wildman–Crippen LogP) is 2.27. The van der Waals surface area contributed by atoms with Crippen molar-refractivity contribution in [1.29, 1.82) is 0 Å². The van der Waals surface area contributed by atoms with Gasteiger partial charge in [0, 0.05) is 10.0 Å². The lowest BCUT2D eigenvalue weighted by molar-refractivity contribution is -0.255. The summed E-state index contributed by atoms with van der Waals surface area (Å²) < 4.78 is 6.15. The fraction of sp³-hybridized carbons (Fsp3) is 0.0667. The van der Waals surface area contributed by atoms with Gasteiger partial charge in [0.05, 0.1) is 25.0 Å². The molecule has 2 rings (SSSR count). The van der Waals surface area contributed by atoms with Gasteiger partial charge in [-0.2, -0.15) is 5.10 Å². The maximum Gasteiger partial charge on any atom is 0.127 e. The van der Waals surface area contributed by atoms with Crippen molar-refractivity contribution >= 4 is 33.8 Å². The van der Waals surface area contributed by atoms with Crippen molar-refractivity contribution in [2.24, 2.45) is 5.10 Å². The molecule has 0 radical (unpaired) electrons. The van der Waals surface area contributed by atoms with Crippen molar-refractivity contribution in [3.63, 3.8) is 0 Å². The zero-order valence-corrected chi connectivity index (χ0v) is 12.8. The summed E-state index contributed by atoms with van der Waals surface area (Å²) >= 11 is 3.38. The van der Waals surface area contributed by atoms with E-state index in [1.54, 1.807) is 25.5 Å². The molecule has 0 amide bonds. The van der Waals surface area contributed by atoms with E-state index in [-0.39, 0.29) is 5.56 Å². The molecule has 0 bridgehead atoms. The number of halogens is 1. The number of aromatic carboxylic acids is 1. The van der Waals surface area contributed by atoms with Crippen LogP contribution in [0.2, 0.25) is 0 Å². The first kappa shape index (κ1) is 15.1. The molecular formula is C15H12BrN2O3-. The minimum Gasteiger partial charge on any atom is -0.545 e. The standard InChI is InChI=1S/C15H13BrN2O3/c1-21-14-7-4-12(16)8-11(14)9-17-18-13-5-2-10(3-6-13)15(19)20/h2-9,18H,1H3,(H,19,20)/p-1/b17-9-. The van der Waals surface area contributed by atoms with Crippen molar-refractivity contribution in [2.45, 2.75) is 0 Å².